The van der Waals surface area contributed by atoms with Crippen LogP contribution in [0, 0.1) is 5.92 Å². The molecule has 0 saturated carbocycles. The Labute approximate surface area is 105 Å². The van der Waals surface area contributed by atoms with E-state index in [4.69, 9.17) is 9.47 Å². The molecule has 96 valence electrons. The van der Waals surface area contributed by atoms with Gasteiger partial charge in [-0.2, -0.15) is 0 Å². The zero-order valence-electron chi connectivity index (χ0n) is 11.2. The van der Waals surface area contributed by atoms with Gasteiger partial charge in [0.25, 0.3) is 0 Å². The van der Waals surface area contributed by atoms with Crippen molar-refractivity contribution in [1.82, 2.24) is 0 Å². The lowest BCUT2D eigenvalue weighted by Crippen LogP contribution is -2.36. The van der Waals surface area contributed by atoms with Crippen molar-refractivity contribution in [2.45, 2.75) is 51.2 Å². The van der Waals surface area contributed by atoms with Crippen molar-refractivity contribution in [2.24, 2.45) is 5.92 Å². The summed E-state index contributed by atoms with van der Waals surface area (Å²) in [5, 5.41) is 0. The molecule has 0 aromatic rings. The number of allylic oxidation sites excluding steroid dienone is 1. The molecule has 3 aliphatic rings. The summed E-state index contributed by atoms with van der Waals surface area (Å²) in [6.07, 6.45) is 12.1. The molecule has 0 unspecified atom stereocenters. The van der Waals surface area contributed by atoms with E-state index in [2.05, 4.69) is 32.1 Å². The largest absolute Gasteiger partial charge is 0.380 e. The molecule has 0 amide bonds. The summed E-state index contributed by atoms with van der Waals surface area (Å²) in [5.74, 6) is 0.569. The molecule has 3 rings (SSSR count). The zero-order chi connectivity index (χ0) is 12.3. The van der Waals surface area contributed by atoms with Crippen LogP contribution >= 0.6 is 0 Å². The minimum atomic E-state index is -0.168. The highest BCUT2D eigenvalue weighted by atomic mass is 16.5. The van der Waals surface area contributed by atoms with E-state index in [-0.39, 0.29) is 11.7 Å². The van der Waals surface area contributed by atoms with Gasteiger partial charge >= 0.3 is 0 Å². The number of rotatable bonds is 4. The van der Waals surface area contributed by atoms with Crippen LogP contribution in [0.3, 0.4) is 0 Å². The van der Waals surface area contributed by atoms with E-state index in [1.165, 1.54) is 24.8 Å². The molecule has 0 saturated heterocycles. The van der Waals surface area contributed by atoms with E-state index in [0.29, 0.717) is 5.92 Å². The summed E-state index contributed by atoms with van der Waals surface area (Å²) in [6.45, 7) is 4.95. The van der Waals surface area contributed by atoms with Gasteiger partial charge in [0.1, 0.15) is 5.60 Å². The van der Waals surface area contributed by atoms with Crippen LogP contribution in [0.5, 0.6) is 0 Å². The Morgan fingerprint density at radius 3 is 2.94 bits per heavy atom. The van der Waals surface area contributed by atoms with Crippen molar-refractivity contribution in [3.63, 3.8) is 0 Å². The SMILES string of the molecule is COCC1=C[C@@]2(OC(C)C)C=C[C@@H]1CCCC2. The summed E-state index contributed by atoms with van der Waals surface area (Å²) in [5.41, 5.74) is 1.23. The van der Waals surface area contributed by atoms with Crippen LogP contribution in [-0.4, -0.2) is 25.4 Å². The van der Waals surface area contributed by atoms with Crippen LogP contribution in [0.15, 0.2) is 23.8 Å². The van der Waals surface area contributed by atoms with E-state index in [0.717, 1.165) is 13.0 Å². The van der Waals surface area contributed by atoms with E-state index >= 15 is 0 Å². The highest BCUT2D eigenvalue weighted by Crippen LogP contribution is 2.38. The number of hydrogen-bond donors (Lipinski definition) is 0. The lowest BCUT2D eigenvalue weighted by atomic mass is 9.78. The summed E-state index contributed by atoms with van der Waals surface area (Å²) < 4.78 is 11.5. The zero-order valence-corrected chi connectivity index (χ0v) is 11.2. The van der Waals surface area contributed by atoms with Gasteiger partial charge in [-0.05, 0) is 44.8 Å². The lowest BCUT2D eigenvalue weighted by molar-refractivity contribution is -0.0263. The van der Waals surface area contributed by atoms with Gasteiger partial charge in [-0.15, -0.1) is 0 Å². The van der Waals surface area contributed by atoms with Crippen molar-refractivity contribution in [1.29, 1.82) is 0 Å². The minimum absolute atomic E-state index is 0.168. The van der Waals surface area contributed by atoms with Crippen molar-refractivity contribution in [2.75, 3.05) is 13.7 Å². The van der Waals surface area contributed by atoms with Gasteiger partial charge in [-0.3, -0.25) is 0 Å². The normalized spacial score (nSPS) is 32.5. The van der Waals surface area contributed by atoms with Crippen molar-refractivity contribution in [3.8, 4) is 0 Å². The van der Waals surface area contributed by atoms with E-state index in [9.17, 15) is 0 Å². The Balaban J connectivity index is 2.25. The van der Waals surface area contributed by atoms with Crippen molar-refractivity contribution >= 4 is 0 Å². The Kier molecular flexibility index (Phi) is 4.05. The second-order valence-corrected chi connectivity index (χ2v) is 5.49. The van der Waals surface area contributed by atoms with Crippen LogP contribution in [0.25, 0.3) is 0 Å². The molecular formula is C15H24O2. The maximum atomic E-state index is 6.16. The van der Waals surface area contributed by atoms with Crippen molar-refractivity contribution < 1.29 is 9.47 Å². The monoisotopic (exact) mass is 236 g/mol. The second kappa shape index (κ2) is 5.36. The average molecular weight is 236 g/mol. The van der Waals surface area contributed by atoms with Gasteiger partial charge in [0.15, 0.2) is 0 Å². The molecule has 3 aliphatic carbocycles. The first-order chi connectivity index (χ1) is 8.15. The van der Waals surface area contributed by atoms with Gasteiger partial charge in [0.05, 0.1) is 12.7 Å². The maximum absolute atomic E-state index is 6.16. The summed E-state index contributed by atoms with van der Waals surface area (Å²) >= 11 is 0. The van der Waals surface area contributed by atoms with Gasteiger partial charge < -0.3 is 9.47 Å². The Hall–Kier alpha value is -0.600. The van der Waals surface area contributed by atoms with E-state index in [1.807, 2.05) is 0 Å². The molecule has 0 fully saturated rings. The van der Waals surface area contributed by atoms with Crippen LogP contribution in [0.4, 0.5) is 0 Å². The molecule has 2 heteroatoms. The smallest absolute Gasteiger partial charge is 0.105 e. The molecule has 2 bridgehead atoms. The molecule has 0 spiro atoms. The fourth-order valence-electron chi connectivity index (χ4n) is 2.96. The first-order valence-corrected chi connectivity index (χ1v) is 6.73. The molecule has 0 aromatic heterocycles. The average Bonchev–Trinajstić information content (AvgIpc) is 2.22. The maximum Gasteiger partial charge on any atom is 0.105 e. The first kappa shape index (κ1) is 12.8. The van der Waals surface area contributed by atoms with Crippen LogP contribution in [0.2, 0.25) is 0 Å². The molecule has 17 heavy (non-hydrogen) atoms. The van der Waals surface area contributed by atoms with Crippen LogP contribution < -0.4 is 0 Å². The summed E-state index contributed by atoms with van der Waals surface area (Å²) in [6, 6.07) is 0. The Morgan fingerprint density at radius 2 is 2.24 bits per heavy atom. The third-order valence-corrected chi connectivity index (χ3v) is 3.62. The van der Waals surface area contributed by atoms with E-state index < -0.39 is 0 Å². The minimum Gasteiger partial charge on any atom is -0.380 e. The Morgan fingerprint density at radius 1 is 1.41 bits per heavy atom. The van der Waals surface area contributed by atoms with Crippen LogP contribution in [-0.2, 0) is 9.47 Å². The highest BCUT2D eigenvalue weighted by Gasteiger charge is 2.33. The van der Waals surface area contributed by atoms with Gasteiger partial charge in [-0.25, -0.2) is 0 Å². The second-order valence-electron chi connectivity index (χ2n) is 5.49. The summed E-state index contributed by atoms with van der Waals surface area (Å²) in [7, 11) is 1.77. The first-order valence-electron chi connectivity index (χ1n) is 6.73. The fraction of sp³-hybridized carbons (Fsp3) is 0.733. The molecule has 0 aliphatic heterocycles. The Bertz CT molecular complexity index is 317. The number of fused-ring (bicyclic) bond motifs is 3. The molecule has 2 atom stereocenters. The van der Waals surface area contributed by atoms with Gasteiger partial charge in [0.2, 0.25) is 0 Å². The molecule has 0 heterocycles. The topological polar surface area (TPSA) is 18.5 Å². The predicted molar refractivity (Wildman–Crippen MR) is 70.0 cm³/mol. The number of ether oxygens (including phenoxy) is 2. The molecule has 0 aromatic carbocycles. The third kappa shape index (κ3) is 2.99. The van der Waals surface area contributed by atoms with Crippen LogP contribution in [0.1, 0.15) is 39.5 Å². The lowest BCUT2D eigenvalue weighted by Gasteiger charge is -2.38. The molecule has 0 radical (unpaired) electrons. The number of hydrogen-bond acceptors (Lipinski definition) is 2. The standard InChI is InChI=1S/C15H24O2/c1-12(2)17-15-8-5-4-6-13(7-9-15)14(10-15)11-16-3/h7,9-10,12-13H,4-6,8,11H2,1-3H3/t13-,15-/m0/s1. The highest BCUT2D eigenvalue weighted by molar-refractivity contribution is 5.31. The van der Waals surface area contributed by atoms with Crippen molar-refractivity contribution in [3.05, 3.63) is 23.8 Å². The predicted octanol–water partition coefficient (Wildman–Crippen LogP) is 3.48. The fourth-order valence-corrected chi connectivity index (χ4v) is 2.96. The molecule has 0 N–H and O–H groups in total. The van der Waals surface area contributed by atoms with Gasteiger partial charge in [0, 0.05) is 13.0 Å². The van der Waals surface area contributed by atoms with E-state index in [1.54, 1.807) is 7.11 Å². The quantitative estimate of drug-likeness (QED) is 0.696. The van der Waals surface area contributed by atoms with Gasteiger partial charge in [-0.1, -0.05) is 18.6 Å². The molecular weight excluding hydrogens is 212 g/mol. The third-order valence-electron chi connectivity index (χ3n) is 3.62. The summed E-state index contributed by atoms with van der Waals surface area (Å²) in [4.78, 5) is 0. The molecule has 2 nitrogen and oxygen atoms in total. The number of methoxy groups -OCH3 is 1.